The summed E-state index contributed by atoms with van der Waals surface area (Å²) in [5.41, 5.74) is 1.25. The summed E-state index contributed by atoms with van der Waals surface area (Å²) >= 11 is 8.29. The first-order valence-corrected chi connectivity index (χ1v) is 11.7. The molecule has 2 aliphatic rings. The number of aromatic nitrogens is 1. The number of benzene rings is 2. The Hall–Kier alpha value is -2.75. The van der Waals surface area contributed by atoms with Crippen LogP contribution < -0.4 is 19.2 Å². The molecule has 0 aliphatic carbocycles. The van der Waals surface area contributed by atoms with Gasteiger partial charge in [0.05, 0.1) is 30.9 Å². The maximum atomic E-state index is 13.6. The number of halogens is 1. The number of imide groups is 1. The van der Waals surface area contributed by atoms with Gasteiger partial charge in [-0.25, -0.2) is 4.90 Å². The monoisotopic (exact) mass is 488 g/mol. The van der Waals surface area contributed by atoms with Crippen LogP contribution in [0, 0.1) is 5.92 Å². The van der Waals surface area contributed by atoms with Gasteiger partial charge in [0.2, 0.25) is 11.8 Å². The largest absolute Gasteiger partial charge is 0.493 e. The number of carbonyl (C=O) groups is 2. The highest BCUT2D eigenvalue weighted by Crippen LogP contribution is 2.53. The minimum absolute atomic E-state index is 0.220. The summed E-state index contributed by atoms with van der Waals surface area (Å²) in [4.78, 5) is 43.7. The second-order valence-corrected chi connectivity index (χ2v) is 9.96. The van der Waals surface area contributed by atoms with E-state index in [4.69, 9.17) is 21.1 Å². The molecule has 0 spiro atoms. The van der Waals surface area contributed by atoms with E-state index in [1.165, 1.54) is 23.8 Å². The number of anilines is 1. The molecule has 2 amide bonds. The Labute approximate surface area is 196 Å². The van der Waals surface area contributed by atoms with E-state index in [-0.39, 0.29) is 16.7 Å². The number of hydrogen-bond donors (Lipinski definition) is 1. The predicted molar refractivity (Wildman–Crippen MR) is 123 cm³/mol. The highest BCUT2D eigenvalue weighted by Gasteiger charge is 2.56. The maximum Gasteiger partial charge on any atom is 0.305 e. The Morgan fingerprint density at radius 2 is 1.69 bits per heavy atom. The van der Waals surface area contributed by atoms with Crippen molar-refractivity contribution in [2.24, 2.45) is 5.92 Å². The van der Waals surface area contributed by atoms with Crippen LogP contribution in [-0.4, -0.2) is 36.3 Å². The number of fused-ring (bicyclic) bond motifs is 2. The predicted octanol–water partition coefficient (Wildman–Crippen LogP) is 3.90. The highest BCUT2D eigenvalue weighted by atomic mass is 35.5. The van der Waals surface area contributed by atoms with Crippen LogP contribution in [0.3, 0.4) is 0 Å². The Morgan fingerprint density at radius 3 is 2.38 bits per heavy atom. The second kappa shape index (κ2) is 7.99. The van der Waals surface area contributed by atoms with Gasteiger partial charge in [0.15, 0.2) is 11.5 Å². The molecule has 1 saturated heterocycles. The van der Waals surface area contributed by atoms with Gasteiger partial charge in [-0.05, 0) is 42.0 Å². The Bertz CT molecular complexity index is 1290. The molecule has 0 saturated carbocycles. The van der Waals surface area contributed by atoms with Gasteiger partial charge in [-0.2, -0.15) is 0 Å². The number of amides is 2. The van der Waals surface area contributed by atoms with Gasteiger partial charge in [-0.15, -0.1) is 0 Å². The SMILES string of the molecule is COc1ccc([C@H]2c3sc(=O)[nH]c3SC3C(=O)N(c4ccc(Cl)cc4)C(=O)C32)cc1OC. The molecule has 164 valence electrons. The van der Waals surface area contributed by atoms with Crippen LogP contribution in [-0.2, 0) is 9.59 Å². The van der Waals surface area contributed by atoms with Crippen LogP contribution in [0.15, 0.2) is 52.3 Å². The van der Waals surface area contributed by atoms with Crippen molar-refractivity contribution >= 4 is 52.2 Å². The van der Waals surface area contributed by atoms with E-state index >= 15 is 0 Å². The Kier molecular flexibility index (Phi) is 5.27. The van der Waals surface area contributed by atoms with Crippen LogP contribution in [0.25, 0.3) is 0 Å². The summed E-state index contributed by atoms with van der Waals surface area (Å²) < 4.78 is 10.8. The molecule has 3 atom stereocenters. The summed E-state index contributed by atoms with van der Waals surface area (Å²) in [5.74, 6) is -0.696. The smallest absolute Gasteiger partial charge is 0.305 e. The molecule has 1 aromatic heterocycles. The molecule has 2 aromatic carbocycles. The zero-order valence-corrected chi connectivity index (χ0v) is 19.3. The van der Waals surface area contributed by atoms with Crippen molar-refractivity contribution in [2.45, 2.75) is 16.2 Å². The molecule has 1 N–H and O–H groups in total. The molecule has 0 bridgehead atoms. The van der Waals surface area contributed by atoms with E-state index in [9.17, 15) is 14.4 Å². The average Bonchev–Trinajstić information content (AvgIpc) is 3.28. The first-order chi connectivity index (χ1) is 15.4. The van der Waals surface area contributed by atoms with E-state index in [0.29, 0.717) is 27.2 Å². The molecule has 5 rings (SSSR count). The molecule has 0 radical (unpaired) electrons. The van der Waals surface area contributed by atoms with Crippen LogP contribution in [0.4, 0.5) is 5.69 Å². The van der Waals surface area contributed by atoms with Gasteiger partial charge in [0.1, 0.15) is 5.25 Å². The molecule has 7 nitrogen and oxygen atoms in total. The van der Waals surface area contributed by atoms with Gasteiger partial charge in [0, 0.05) is 15.8 Å². The fraction of sp³-hybridized carbons (Fsp3) is 0.227. The number of thiazole rings is 1. The summed E-state index contributed by atoms with van der Waals surface area (Å²) in [7, 11) is 3.08. The zero-order valence-electron chi connectivity index (χ0n) is 17.0. The number of thioether (sulfide) groups is 1. The number of H-pyrrole nitrogens is 1. The molecular weight excluding hydrogens is 472 g/mol. The van der Waals surface area contributed by atoms with Gasteiger partial charge >= 0.3 is 4.87 Å². The molecule has 3 heterocycles. The molecule has 1 fully saturated rings. The van der Waals surface area contributed by atoms with E-state index in [2.05, 4.69) is 4.98 Å². The van der Waals surface area contributed by atoms with Crippen molar-refractivity contribution in [3.05, 3.63) is 67.6 Å². The molecular formula is C22H17ClN2O5S2. The fourth-order valence-corrected chi connectivity index (χ4v) is 6.91. The lowest BCUT2D eigenvalue weighted by Crippen LogP contribution is -2.32. The number of hydrogen-bond acceptors (Lipinski definition) is 7. The van der Waals surface area contributed by atoms with E-state index in [1.807, 2.05) is 6.07 Å². The normalized spacial score (nSPS) is 22.0. The number of rotatable bonds is 4. The molecule has 2 unspecified atom stereocenters. The van der Waals surface area contributed by atoms with Gasteiger partial charge < -0.3 is 14.5 Å². The Morgan fingerprint density at radius 1 is 0.969 bits per heavy atom. The molecule has 32 heavy (non-hydrogen) atoms. The van der Waals surface area contributed by atoms with Crippen molar-refractivity contribution in [2.75, 3.05) is 19.1 Å². The standard InChI is InChI=1S/C22H17ClN2O5S2/c1-29-13-8-3-10(9-14(13)30-2)15-16-18(31-19-17(15)32-22(28)24-19)21(27)25(20(16)26)12-6-4-11(23)5-7-12/h3-9,15-16,18H,1-2H3,(H,24,28)/t15-,16?,18?/m1/s1. The minimum atomic E-state index is -0.666. The van der Waals surface area contributed by atoms with Crippen molar-refractivity contribution < 1.29 is 19.1 Å². The van der Waals surface area contributed by atoms with E-state index < -0.39 is 17.1 Å². The van der Waals surface area contributed by atoms with Crippen LogP contribution in [0.2, 0.25) is 5.02 Å². The fourth-order valence-electron chi connectivity index (χ4n) is 4.27. The number of aromatic amines is 1. The minimum Gasteiger partial charge on any atom is -0.493 e. The topological polar surface area (TPSA) is 88.7 Å². The lowest BCUT2D eigenvalue weighted by atomic mass is 9.83. The number of ether oxygens (including phenoxy) is 2. The number of carbonyl (C=O) groups excluding carboxylic acids is 2. The summed E-state index contributed by atoms with van der Waals surface area (Å²) in [6.07, 6.45) is 0. The molecule has 3 aromatic rings. The zero-order chi connectivity index (χ0) is 22.6. The lowest BCUT2D eigenvalue weighted by Gasteiger charge is -2.30. The molecule has 2 aliphatic heterocycles. The van der Waals surface area contributed by atoms with Crippen molar-refractivity contribution in [3.8, 4) is 11.5 Å². The quantitative estimate of drug-likeness (QED) is 0.560. The van der Waals surface area contributed by atoms with Gasteiger partial charge in [-0.3, -0.25) is 14.4 Å². The van der Waals surface area contributed by atoms with Gasteiger partial charge in [0.25, 0.3) is 0 Å². The van der Waals surface area contributed by atoms with Crippen LogP contribution in [0.1, 0.15) is 16.4 Å². The Balaban J connectivity index is 1.65. The second-order valence-electron chi connectivity index (χ2n) is 7.35. The highest BCUT2D eigenvalue weighted by molar-refractivity contribution is 8.00. The number of nitrogens with zero attached hydrogens (tertiary/aromatic N) is 1. The first-order valence-electron chi connectivity index (χ1n) is 9.68. The third-order valence-electron chi connectivity index (χ3n) is 5.68. The van der Waals surface area contributed by atoms with Crippen molar-refractivity contribution in [3.63, 3.8) is 0 Å². The lowest BCUT2D eigenvalue weighted by molar-refractivity contribution is -0.122. The number of nitrogens with one attached hydrogen (secondary N) is 1. The average molecular weight is 489 g/mol. The maximum absolute atomic E-state index is 13.6. The third kappa shape index (κ3) is 3.23. The van der Waals surface area contributed by atoms with Crippen LogP contribution in [0.5, 0.6) is 11.5 Å². The van der Waals surface area contributed by atoms with E-state index in [0.717, 1.165) is 21.8 Å². The first kappa shape index (κ1) is 21.1. The number of methoxy groups -OCH3 is 2. The molecule has 10 heteroatoms. The van der Waals surface area contributed by atoms with Crippen LogP contribution >= 0.6 is 34.7 Å². The summed E-state index contributed by atoms with van der Waals surface area (Å²) in [5, 5.41) is 0.483. The van der Waals surface area contributed by atoms with E-state index in [1.54, 1.807) is 43.5 Å². The summed E-state index contributed by atoms with van der Waals surface area (Å²) in [6, 6.07) is 12.0. The van der Waals surface area contributed by atoms with Crippen molar-refractivity contribution in [1.82, 2.24) is 4.98 Å². The van der Waals surface area contributed by atoms with Crippen molar-refractivity contribution in [1.29, 1.82) is 0 Å². The van der Waals surface area contributed by atoms with Gasteiger partial charge in [-0.1, -0.05) is 40.8 Å². The third-order valence-corrected chi connectivity index (χ3v) is 8.33. The summed E-state index contributed by atoms with van der Waals surface area (Å²) in [6.45, 7) is 0.